The van der Waals surface area contributed by atoms with Crippen molar-refractivity contribution in [2.45, 2.75) is 26.8 Å². The van der Waals surface area contributed by atoms with Gasteiger partial charge in [0.05, 0.1) is 9.58 Å². The van der Waals surface area contributed by atoms with E-state index in [2.05, 4.69) is 23.6 Å². The Balaban J connectivity index is 1.41. The molecular weight excluding hydrogens is 419 g/mol. The van der Waals surface area contributed by atoms with E-state index in [1.165, 1.54) is 17.4 Å². The predicted molar refractivity (Wildman–Crippen MR) is 123 cm³/mol. The Kier molecular flexibility index (Phi) is 6.65. The molecule has 1 aromatic carbocycles. The minimum absolute atomic E-state index is 0.0855. The van der Waals surface area contributed by atoms with Gasteiger partial charge in [-0.3, -0.25) is 9.69 Å². The van der Waals surface area contributed by atoms with Crippen LogP contribution in [0.15, 0.2) is 30.3 Å². The monoisotopic (exact) mass is 446 g/mol. The first-order valence-corrected chi connectivity index (χ1v) is 12.1. The van der Waals surface area contributed by atoms with E-state index in [0.29, 0.717) is 18.7 Å². The first kappa shape index (κ1) is 21.2. The molecule has 3 aromatic rings. The highest BCUT2D eigenvalue weighted by Gasteiger charge is 2.23. The van der Waals surface area contributed by atoms with Gasteiger partial charge in [-0.25, -0.2) is 9.37 Å². The van der Waals surface area contributed by atoms with Gasteiger partial charge in [0.15, 0.2) is 5.13 Å². The number of amides is 1. The molecule has 0 N–H and O–H groups in total. The van der Waals surface area contributed by atoms with Crippen molar-refractivity contribution in [2.75, 3.05) is 44.2 Å². The molecule has 0 unspecified atom stereocenters. The number of benzene rings is 1. The lowest BCUT2D eigenvalue weighted by molar-refractivity contribution is 0.0766. The summed E-state index contributed by atoms with van der Waals surface area (Å²) in [6.07, 6.45) is 0.893. The minimum Gasteiger partial charge on any atom is -0.349 e. The molecule has 0 spiro atoms. The Morgan fingerprint density at radius 1 is 1.13 bits per heavy atom. The van der Waals surface area contributed by atoms with Gasteiger partial charge >= 0.3 is 0 Å². The second-order valence-corrected chi connectivity index (χ2v) is 9.50. The maximum atomic E-state index is 14.0. The molecule has 1 saturated heterocycles. The Morgan fingerprint density at radius 3 is 2.67 bits per heavy atom. The third-order valence-corrected chi connectivity index (χ3v) is 7.76. The predicted octanol–water partition coefficient (Wildman–Crippen LogP) is 4.69. The van der Waals surface area contributed by atoms with E-state index in [1.807, 2.05) is 23.1 Å². The van der Waals surface area contributed by atoms with Gasteiger partial charge in [0.25, 0.3) is 5.91 Å². The van der Waals surface area contributed by atoms with Crippen LogP contribution in [0, 0.1) is 5.82 Å². The molecular formula is C22H27FN4OS2. The normalized spacial score (nSPS) is 15.5. The van der Waals surface area contributed by atoms with Crippen LogP contribution in [0.2, 0.25) is 0 Å². The van der Waals surface area contributed by atoms with Crippen molar-refractivity contribution in [3.05, 3.63) is 46.6 Å². The SMILES string of the molecule is CCN(CC)c1nc2sc(C(=O)N3CCCN(Cc4ccccc4F)CC3)cc2s1. The number of carbonyl (C=O) groups is 1. The van der Waals surface area contributed by atoms with Crippen LogP contribution in [0.4, 0.5) is 9.52 Å². The zero-order valence-corrected chi connectivity index (χ0v) is 19.1. The molecule has 0 saturated carbocycles. The Labute approximate surface area is 184 Å². The molecule has 3 heterocycles. The number of anilines is 1. The highest BCUT2D eigenvalue weighted by molar-refractivity contribution is 7.29. The molecule has 4 rings (SSSR count). The van der Waals surface area contributed by atoms with Gasteiger partial charge in [0.1, 0.15) is 10.6 Å². The van der Waals surface area contributed by atoms with Gasteiger partial charge in [-0.1, -0.05) is 29.5 Å². The number of hydrogen-bond acceptors (Lipinski definition) is 6. The van der Waals surface area contributed by atoms with Crippen LogP contribution in [0.25, 0.3) is 9.53 Å². The van der Waals surface area contributed by atoms with E-state index in [1.54, 1.807) is 17.4 Å². The average Bonchev–Trinajstić information content (AvgIpc) is 3.22. The highest BCUT2D eigenvalue weighted by atomic mass is 32.1. The van der Waals surface area contributed by atoms with Crippen LogP contribution in [-0.4, -0.2) is 60.0 Å². The lowest BCUT2D eigenvalue weighted by Crippen LogP contribution is -2.34. The number of nitrogens with zero attached hydrogens (tertiary/aromatic N) is 4. The van der Waals surface area contributed by atoms with Crippen LogP contribution >= 0.6 is 22.7 Å². The fourth-order valence-corrected chi connectivity index (χ4v) is 6.12. The van der Waals surface area contributed by atoms with Crippen molar-refractivity contribution in [3.63, 3.8) is 0 Å². The first-order chi connectivity index (χ1) is 14.6. The Morgan fingerprint density at radius 2 is 1.93 bits per heavy atom. The number of thiazole rings is 1. The number of carbonyl (C=O) groups excluding carboxylic acids is 1. The summed E-state index contributed by atoms with van der Waals surface area (Å²) in [4.78, 5) is 25.9. The molecule has 0 radical (unpaired) electrons. The zero-order valence-electron chi connectivity index (χ0n) is 17.4. The van der Waals surface area contributed by atoms with Crippen LogP contribution in [0.1, 0.15) is 35.5 Å². The summed E-state index contributed by atoms with van der Waals surface area (Å²) in [6, 6.07) is 8.92. The van der Waals surface area contributed by atoms with Crippen LogP contribution in [-0.2, 0) is 6.54 Å². The molecule has 8 heteroatoms. The van der Waals surface area contributed by atoms with Crippen molar-refractivity contribution in [1.82, 2.24) is 14.8 Å². The zero-order chi connectivity index (χ0) is 21.1. The number of halogens is 1. The lowest BCUT2D eigenvalue weighted by atomic mass is 10.2. The molecule has 5 nitrogen and oxygen atoms in total. The van der Waals surface area contributed by atoms with E-state index >= 15 is 0 Å². The molecule has 1 fully saturated rings. The third-order valence-electron chi connectivity index (χ3n) is 5.55. The van der Waals surface area contributed by atoms with Gasteiger partial charge in [0, 0.05) is 51.4 Å². The smallest absolute Gasteiger partial charge is 0.264 e. The second kappa shape index (κ2) is 9.41. The largest absolute Gasteiger partial charge is 0.349 e. The summed E-state index contributed by atoms with van der Waals surface area (Å²) in [5, 5.41) is 1.03. The topological polar surface area (TPSA) is 39.7 Å². The van der Waals surface area contributed by atoms with Crippen molar-refractivity contribution < 1.29 is 9.18 Å². The van der Waals surface area contributed by atoms with Crippen molar-refractivity contribution >= 4 is 43.2 Å². The second-order valence-electron chi connectivity index (χ2n) is 7.46. The molecule has 2 aromatic heterocycles. The quantitative estimate of drug-likeness (QED) is 0.551. The molecule has 0 atom stereocenters. The number of fused-ring (bicyclic) bond motifs is 1. The summed E-state index contributed by atoms with van der Waals surface area (Å²) in [7, 11) is 0. The van der Waals surface area contributed by atoms with Crippen LogP contribution < -0.4 is 4.90 Å². The van der Waals surface area contributed by atoms with Crippen LogP contribution in [0.3, 0.4) is 0 Å². The Hall–Kier alpha value is -2.03. The van der Waals surface area contributed by atoms with Crippen molar-refractivity contribution in [1.29, 1.82) is 0 Å². The maximum absolute atomic E-state index is 14.0. The molecule has 0 bridgehead atoms. The minimum atomic E-state index is -0.162. The maximum Gasteiger partial charge on any atom is 0.264 e. The summed E-state index contributed by atoms with van der Waals surface area (Å²) >= 11 is 3.15. The number of thiophene rings is 1. The van der Waals surface area contributed by atoms with E-state index in [0.717, 1.165) is 58.7 Å². The summed E-state index contributed by atoms with van der Waals surface area (Å²) < 4.78 is 15.1. The molecule has 1 amide bonds. The van der Waals surface area contributed by atoms with E-state index < -0.39 is 0 Å². The lowest BCUT2D eigenvalue weighted by Gasteiger charge is -2.22. The standard InChI is InChI=1S/C22H27FN4OS2/c1-3-26(4-2)22-24-20-18(30-22)14-19(29-20)21(28)27-11-7-10-25(12-13-27)15-16-8-5-6-9-17(16)23/h5-6,8-9,14H,3-4,7,10-13,15H2,1-2H3. The number of rotatable bonds is 6. The summed E-state index contributed by atoms with van der Waals surface area (Å²) in [5.41, 5.74) is 0.714. The average molecular weight is 447 g/mol. The van der Waals surface area contributed by atoms with E-state index in [4.69, 9.17) is 4.98 Å². The van der Waals surface area contributed by atoms with E-state index in [9.17, 15) is 9.18 Å². The fourth-order valence-electron chi connectivity index (χ4n) is 3.81. The van der Waals surface area contributed by atoms with Crippen molar-refractivity contribution in [2.24, 2.45) is 0 Å². The number of hydrogen-bond donors (Lipinski definition) is 0. The molecule has 160 valence electrons. The summed E-state index contributed by atoms with van der Waals surface area (Å²) in [5.74, 6) is -0.0766. The molecule has 0 aliphatic carbocycles. The molecule has 1 aliphatic rings. The van der Waals surface area contributed by atoms with Gasteiger partial charge in [-0.2, -0.15) is 0 Å². The van der Waals surface area contributed by atoms with Crippen LogP contribution in [0.5, 0.6) is 0 Å². The van der Waals surface area contributed by atoms with E-state index in [-0.39, 0.29) is 11.7 Å². The van der Waals surface area contributed by atoms with Gasteiger partial charge in [-0.05, 0) is 32.4 Å². The Bertz CT molecular complexity index is 982. The van der Waals surface area contributed by atoms with Gasteiger partial charge < -0.3 is 9.80 Å². The van der Waals surface area contributed by atoms with Gasteiger partial charge in [-0.15, -0.1) is 11.3 Å². The molecule has 30 heavy (non-hydrogen) atoms. The molecule has 1 aliphatic heterocycles. The number of aromatic nitrogens is 1. The van der Waals surface area contributed by atoms with Crippen molar-refractivity contribution in [3.8, 4) is 0 Å². The fraction of sp³-hybridized carbons (Fsp3) is 0.455. The van der Waals surface area contributed by atoms with Gasteiger partial charge in [0.2, 0.25) is 0 Å². The summed E-state index contributed by atoms with van der Waals surface area (Å²) in [6.45, 7) is 9.72. The highest BCUT2D eigenvalue weighted by Crippen LogP contribution is 2.35. The third kappa shape index (κ3) is 4.50. The first-order valence-electron chi connectivity index (χ1n) is 10.5.